The van der Waals surface area contributed by atoms with E-state index >= 15 is 0 Å². The number of halogens is 1. The number of aromatic amines is 1. The molecule has 1 aromatic carbocycles. The number of ether oxygens (including phenoxy) is 1. The Morgan fingerprint density at radius 1 is 1.24 bits per heavy atom. The smallest absolute Gasteiger partial charge is 0.267 e. The number of primary amides is 1. The van der Waals surface area contributed by atoms with Gasteiger partial charge in [0.15, 0.2) is 0 Å². The minimum atomic E-state index is -0.584. The zero-order valence-corrected chi connectivity index (χ0v) is 19.1. The van der Waals surface area contributed by atoms with E-state index < -0.39 is 11.9 Å². The predicted octanol–water partition coefficient (Wildman–Crippen LogP) is 3.72. The fourth-order valence-corrected chi connectivity index (χ4v) is 3.79. The second-order valence-corrected chi connectivity index (χ2v) is 8.11. The number of aryl methyl sites for hydroxylation is 1. The summed E-state index contributed by atoms with van der Waals surface area (Å²) >= 11 is 6.48. The number of H-pyrrole nitrogens is 1. The number of hydrogen-bond donors (Lipinski definition) is 3. The first-order chi connectivity index (χ1) is 15.7. The third-order valence-electron chi connectivity index (χ3n) is 5.30. The molecule has 0 aliphatic carbocycles. The highest BCUT2D eigenvalue weighted by molar-refractivity contribution is 6.32. The highest BCUT2D eigenvalue weighted by Crippen LogP contribution is 2.32. The number of carbonyl (C=O) groups excluding carboxylic acids is 1. The number of benzene rings is 1. The van der Waals surface area contributed by atoms with E-state index in [2.05, 4.69) is 20.4 Å². The summed E-state index contributed by atoms with van der Waals surface area (Å²) < 4.78 is 7.38. The molecule has 10 heteroatoms. The van der Waals surface area contributed by atoms with Crippen LogP contribution in [0.2, 0.25) is 5.02 Å². The summed E-state index contributed by atoms with van der Waals surface area (Å²) in [4.78, 5) is 31.4. The lowest BCUT2D eigenvalue weighted by Crippen LogP contribution is -2.19. The van der Waals surface area contributed by atoms with Gasteiger partial charge in [-0.2, -0.15) is 5.10 Å². The number of amides is 1. The first kappa shape index (κ1) is 22.3. The second-order valence-electron chi connectivity index (χ2n) is 7.71. The zero-order valence-electron chi connectivity index (χ0n) is 18.3. The highest BCUT2D eigenvalue weighted by atomic mass is 35.5. The molecule has 4 N–H and O–H groups in total. The fourth-order valence-electron chi connectivity index (χ4n) is 3.57. The van der Waals surface area contributed by atoms with Crippen molar-refractivity contribution in [2.45, 2.75) is 26.0 Å². The molecule has 0 saturated carbocycles. The van der Waals surface area contributed by atoms with Gasteiger partial charge in [-0.05, 0) is 38.1 Å². The molecule has 3 aromatic heterocycles. The summed E-state index contributed by atoms with van der Waals surface area (Å²) in [6.45, 7) is 3.70. The molecule has 170 valence electrons. The zero-order chi connectivity index (χ0) is 23.7. The predicted molar refractivity (Wildman–Crippen MR) is 127 cm³/mol. The average molecular weight is 467 g/mol. The van der Waals surface area contributed by atoms with Crippen LogP contribution in [-0.2, 0) is 7.05 Å². The molecule has 0 fully saturated rings. The molecule has 1 amide bonds. The van der Waals surface area contributed by atoms with Crippen LogP contribution in [0.1, 0.15) is 47.7 Å². The number of nitrogens with one attached hydrogen (secondary N) is 2. The first-order valence-corrected chi connectivity index (χ1v) is 10.6. The van der Waals surface area contributed by atoms with E-state index in [1.807, 2.05) is 32.0 Å². The van der Waals surface area contributed by atoms with Crippen LogP contribution in [-0.4, -0.2) is 25.7 Å². The Kier molecular flexibility index (Phi) is 6.06. The summed E-state index contributed by atoms with van der Waals surface area (Å²) in [5, 5.41) is 8.51. The second kappa shape index (κ2) is 8.95. The van der Waals surface area contributed by atoms with Crippen LogP contribution in [0.15, 0.2) is 53.5 Å². The van der Waals surface area contributed by atoms with Gasteiger partial charge in [0, 0.05) is 36.3 Å². The average Bonchev–Trinajstić information content (AvgIpc) is 3.15. The Hall–Kier alpha value is -3.85. The van der Waals surface area contributed by atoms with Gasteiger partial charge < -0.3 is 20.8 Å². The number of carbonyl (C=O) groups is 1. The van der Waals surface area contributed by atoms with Crippen LogP contribution in [0, 0.1) is 0 Å². The molecular formula is C23H23ClN6O3. The maximum absolute atomic E-state index is 12.8. The van der Waals surface area contributed by atoms with Crippen molar-refractivity contribution in [2.75, 3.05) is 5.32 Å². The number of aromatic nitrogens is 4. The number of nitrogens with two attached hydrogens (primary N) is 1. The van der Waals surface area contributed by atoms with Crippen LogP contribution < -0.4 is 21.3 Å². The van der Waals surface area contributed by atoms with Gasteiger partial charge in [-0.3, -0.25) is 19.3 Å². The van der Waals surface area contributed by atoms with Crippen LogP contribution in [0.25, 0.3) is 10.9 Å². The molecule has 33 heavy (non-hydrogen) atoms. The summed E-state index contributed by atoms with van der Waals surface area (Å²) in [5.74, 6) is 0.298. The van der Waals surface area contributed by atoms with Crippen molar-refractivity contribution < 1.29 is 9.53 Å². The van der Waals surface area contributed by atoms with Crippen molar-refractivity contribution in [3.63, 3.8) is 0 Å². The van der Waals surface area contributed by atoms with E-state index in [9.17, 15) is 9.59 Å². The summed E-state index contributed by atoms with van der Waals surface area (Å²) in [5.41, 5.74) is 7.18. The van der Waals surface area contributed by atoms with Gasteiger partial charge in [0.2, 0.25) is 0 Å². The summed E-state index contributed by atoms with van der Waals surface area (Å²) in [7, 11) is 1.62. The van der Waals surface area contributed by atoms with E-state index in [4.69, 9.17) is 22.1 Å². The third kappa shape index (κ3) is 4.68. The summed E-state index contributed by atoms with van der Waals surface area (Å²) in [6, 6.07) is 12.0. The van der Waals surface area contributed by atoms with Crippen LogP contribution in [0.5, 0.6) is 5.75 Å². The molecule has 0 unspecified atom stereocenters. The highest BCUT2D eigenvalue weighted by Gasteiger charge is 2.17. The fraction of sp³-hybridized carbons (Fsp3) is 0.217. The van der Waals surface area contributed by atoms with Gasteiger partial charge in [0.05, 0.1) is 22.3 Å². The third-order valence-corrected chi connectivity index (χ3v) is 5.59. The van der Waals surface area contributed by atoms with Crippen molar-refractivity contribution in [2.24, 2.45) is 12.8 Å². The van der Waals surface area contributed by atoms with Crippen molar-refractivity contribution in [1.82, 2.24) is 19.7 Å². The quantitative estimate of drug-likeness (QED) is 0.381. The first-order valence-electron chi connectivity index (χ1n) is 10.3. The maximum Gasteiger partial charge on any atom is 0.267 e. The molecular weight excluding hydrogens is 444 g/mol. The molecule has 0 saturated heterocycles. The number of hydrogen-bond acceptors (Lipinski definition) is 6. The molecule has 0 bridgehead atoms. The number of fused-ring (bicyclic) bond motifs is 1. The lowest BCUT2D eigenvalue weighted by molar-refractivity contribution is 0.0991. The minimum absolute atomic E-state index is 0.261. The standard InChI is InChI=1S/C23H23ClN6O3/c1-12(27-21-11-19(22(25)31)30(3)29-21)15-8-14-9-16(24)20(10-18(14)28-23(15)32)33-13(2)17-6-4-5-7-26-17/h4-13H,1-3H3,(H2,25,31)(H,27,29)(H,28,32)/t12-,13+/m0/s1. The normalized spacial score (nSPS) is 13.0. The Labute approximate surface area is 194 Å². The van der Waals surface area contributed by atoms with Crippen LogP contribution in [0.4, 0.5) is 5.82 Å². The summed E-state index contributed by atoms with van der Waals surface area (Å²) in [6.07, 6.45) is 1.38. The monoisotopic (exact) mass is 466 g/mol. The molecule has 9 nitrogen and oxygen atoms in total. The molecule has 0 aliphatic rings. The van der Waals surface area contributed by atoms with Crippen LogP contribution in [0.3, 0.4) is 0 Å². The Balaban J connectivity index is 1.60. The molecule has 0 spiro atoms. The van der Waals surface area contributed by atoms with Gasteiger partial charge in [0.25, 0.3) is 11.5 Å². The molecule has 4 aromatic rings. The molecule has 4 rings (SSSR count). The van der Waals surface area contributed by atoms with E-state index in [0.29, 0.717) is 27.7 Å². The molecule has 0 aliphatic heterocycles. The van der Waals surface area contributed by atoms with E-state index in [-0.39, 0.29) is 17.4 Å². The lowest BCUT2D eigenvalue weighted by atomic mass is 10.1. The number of nitrogens with zero attached hydrogens (tertiary/aromatic N) is 3. The van der Waals surface area contributed by atoms with E-state index in [0.717, 1.165) is 11.1 Å². The van der Waals surface area contributed by atoms with Gasteiger partial charge in [-0.1, -0.05) is 17.7 Å². The Morgan fingerprint density at radius 2 is 2.03 bits per heavy atom. The van der Waals surface area contributed by atoms with Gasteiger partial charge in [-0.25, -0.2) is 0 Å². The maximum atomic E-state index is 12.8. The Bertz CT molecular complexity index is 1380. The lowest BCUT2D eigenvalue weighted by Gasteiger charge is -2.17. The molecule has 3 heterocycles. The van der Waals surface area contributed by atoms with Crippen molar-refractivity contribution >= 4 is 34.2 Å². The largest absolute Gasteiger partial charge is 0.483 e. The van der Waals surface area contributed by atoms with Gasteiger partial charge in [-0.15, -0.1) is 0 Å². The molecule has 0 radical (unpaired) electrons. The van der Waals surface area contributed by atoms with Crippen molar-refractivity contribution in [3.05, 3.63) is 81.0 Å². The molecule has 2 atom stereocenters. The SMILES string of the molecule is C[C@H](Nc1cc(C(N)=O)n(C)n1)c1cc2cc(Cl)c(O[C@H](C)c3ccccn3)cc2[nH]c1=O. The van der Waals surface area contributed by atoms with Crippen LogP contribution >= 0.6 is 11.6 Å². The van der Waals surface area contributed by atoms with Gasteiger partial charge in [0.1, 0.15) is 23.4 Å². The Morgan fingerprint density at radius 3 is 2.70 bits per heavy atom. The number of pyridine rings is 2. The van der Waals surface area contributed by atoms with E-state index in [1.54, 1.807) is 31.4 Å². The van der Waals surface area contributed by atoms with Gasteiger partial charge >= 0.3 is 0 Å². The number of anilines is 1. The minimum Gasteiger partial charge on any atom is -0.483 e. The van der Waals surface area contributed by atoms with Crippen molar-refractivity contribution in [1.29, 1.82) is 0 Å². The van der Waals surface area contributed by atoms with Crippen molar-refractivity contribution in [3.8, 4) is 5.75 Å². The van der Waals surface area contributed by atoms with E-state index in [1.165, 1.54) is 10.7 Å². The topological polar surface area (TPSA) is 128 Å². The number of rotatable bonds is 7.